The third kappa shape index (κ3) is 4.03. The van der Waals surface area contributed by atoms with Crippen LogP contribution in [0.4, 0.5) is 10.1 Å². The molecule has 1 aromatic carbocycles. The van der Waals surface area contributed by atoms with Gasteiger partial charge in [0.05, 0.1) is 17.2 Å². The molecule has 3 nitrogen and oxygen atoms in total. The van der Waals surface area contributed by atoms with Gasteiger partial charge in [-0.3, -0.25) is 0 Å². The smallest absolute Gasteiger partial charge is 0.171 e. The molecule has 19 heavy (non-hydrogen) atoms. The lowest BCUT2D eigenvalue weighted by molar-refractivity contribution is 0.0895. The first-order valence-corrected chi connectivity index (χ1v) is 6.99. The lowest BCUT2D eigenvalue weighted by Gasteiger charge is -2.22. The van der Waals surface area contributed by atoms with Crippen molar-refractivity contribution in [3.8, 4) is 0 Å². The van der Waals surface area contributed by atoms with Crippen LogP contribution in [-0.4, -0.2) is 23.9 Å². The molecule has 104 valence electrons. The zero-order valence-corrected chi connectivity index (χ0v) is 12.2. The van der Waals surface area contributed by atoms with E-state index < -0.39 is 5.82 Å². The van der Waals surface area contributed by atoms with E-state index in [-0.39, 0.29) is 17.2 Å². The molecule has 0 aliphatic carbocycles. The Kier molecular flexibility index (Phi) is 4.96. The molecule has 2 N–H and O–H groups in total. The van der Waals surface area contributed by atoms with Crippen molar-refractivity contribution in [3.05, 3.63) is 29.0 Å². The van der Waals surface area contributed by atoms with Crippen LogP contribution in [0, 0.1) is 5.82 Å². The maximum Gasteiger partial charge on any atom is 0.171 e. The number of nitrogens with one attached hydrogen (secondary N) is 2. The molecule has 1 aliphatic heterocycles. The van der Waals surface area contributed by atoms with Crippen molar-refractivity contribution >= 4 is 34.6 Å². The van der Waals surface area contributed by atoms with Crippen molar-refractivity contribution in [1.29, 1.82) is 0 Å². The monoisotopic (exact) mass is 302 g/mol. The molecule has 0 aromatic heterocycles. The first kappa shape index (κ1) is 14.5. The minimum absolute atomic E-state index is 0.0694. The van der Waals surface area contributed by atoms with E-state index in [1.807, 2.05) is 6.92 Å². The molecule has 6 heteroatoms. The van der Waals surface area contributed by atoms with Crippen LogP contribution in [0.1, 0.15) is 19.8 Å². The van der Waals surface area contributed by atoms with E-state index in [1.165, 1.54) is 12.1 Å². The van der Waals surface area contributed by atoms with Crippen molar-refractivity contribution in [2.24, 2.45) is 0 Å². The van der Waals surface area contributed by atoms with Crippen molar-refractivity contribution in [3.63, 3.8) is 0 Å². The van der Waals surface area contributed by atoms with Crippen molar-refractivity contribution in [2.75, 3.05) is 11.9 Å². The van der Waals surface area contributed by atoms with Crippen LogP contribution in [0.2, 0.25) is 5.02 Å². The topological polar surface area (TPSA) is 33.3 Å². The molecule has 1 saturated heterocycles. The molecule has 0 saturated carbocycles. The number of ether oxygens (including phenoxy) is 1. The Hall–Kier alpha value is -0.910. The summed E-state index contributed by atoms with van der Waals surface area (Å²) in [4.78, 5) is 0. The van der Waals surface area contributed by atoms with E-state index in [9.17, 15) is 4.39 Å². The quantitative estimate of drug-likeness (QED) is 0.839. The van der Waals surface area contributed by atoms with Gasteiger partial charge in [-0.05, 0) is 50.2 Å². The third-order valence-electron chi connectivity index (χ3n) is 3.06. The summed E-state index contributed by atoms with van der Waals surface area (Å²) in [6.07, 6.45) is 2.32. The molecule has 2 atom stereocenters. The predicted molar refractivity (Wildman–Crippen MR) is 79.2 cm³/mol. The Morgan fingerprint density at radius 1 is 1.58 bits per heavy atom. The average Bonchev–Trinajstić information content (AvgIpc) is 2.87. The van der Waals surface area contributed by atoms with Crippen LogP contribution in [0.15, 0.2) is 18.2 Å². The highest BCUT2D eigenvalue weighted by Gasteiger charge is 2.22. The molecule has 0 bridgehead atoms. The fraction of sp³-hybridized carbons (Fsp3) is 0.462. The van der Waals surface area contributed by atoms with Gasteiger partial charge in [0.15, 0.2) is 5.11 Å². The van der Waals surface area contributed by atoms with Crippen molar-refractivity contribution in [1.82, 2.24) is 5.32 Å². The van der Waals surface area contributed by atoms with Gasteiger partial charge in [0.1, 0.15) is 5.82 Å². The largest absolute Gasteiger partial charge is 0.376 e. The number of thiocarbonyl (C=S) groups is 1. The molecule has 2 rings (SSSR count). The van der Waals surface area contributed by atoms with Crippen LogP contribution in [-0.2, 0) is 4.74 Å². The minimum Gasteiger partial charge on any atom is -0.376 e. The van der Waals surface area contributed by atoms with Gasteiger partial charge < -0.3 is 15.4 Å². The standard InChI is InChI=1S/C13H16ClFN2OS/c1-8(12-3-2-6-18-12)16-13(19)17-9-4-5-11(15)10(14)7-9/h4-5,7-8,12H,2-3,6H2,1H3,(H2,16,17,19)/t8-,12+/m1/s1. The maximum atomic E-state index is 13.0. The van der Waals surface area contributed by atoms with Gasteiger partial charge in [-0.2, -0.15) is 0 Å². The van der Waals surface area contributed by atoms with Gasteiger partial charge in [-0.25, -0.2) is 4.39 Å². The molecule has 0 unspecified atom stereocenters. The first-order valence-electron chi connectivity index (χ1n) is 6.20. The van der Waals surface area contributed by atoms with Crippen LogP contribution in [0.25, 0.3) is 0 Å². The molecule has 1 fully saturated rings. The minimum atomic E-state index is -0.446. The fourth-order valence-electron chi connectivity index (χ4n) is 2.04. The van der Waals surface area contributed by atoms with E-state index in [0.717, 1.165) is 19.4 Å². The molecule has 0 spiro atoms. The maximum absolute atomic E-state index is 13.0. The summed E-state index contributed by atoms with van der Waals surface area (Å²) < 4.78 is 18.6. The highest BCUT2D eigenvalue weighted by Crippen LogP contribution is 2.19. The lowest BCUT2D eigenvalue weighted by atomic mass is 10.1. The van der Waals surface area contributed by atoms with Gasteiger partial charge in [-0.1, -0.05) is 11.6 Å². The Bertz CT molecular complexity index is 466. The second-order valence-corrected chi connectivity index (χ2v) is 5.38. The molecular weight excluding hydrogens is 287 g/mol. The number of rotatable bonds is 3. The van der Waals surface area contributed by atoms with Crippen LogP contribution in [0.3, 0.4) is 0 Å². The molecular formula is C13H16ClFN2OS. The van der Waals surface area contributed by atoms with Gasteiger partial charge >= 0.3 is 0 Å². The number of hydrogen-bond acceptors (Lipinski definition) is 2. The van der Waals surface area contributed by atoms with E-state index in [2.05, 4.69) is 10.6 Å². The Morgan fingerprint density at radius 3 is 3.00 bits per heavy atom. The first-order chi connectivity index (χ1) is 9.06. The van der Waals surface area contributed by atoms with Crippen molar-refractivity contribution < 1.29 is 9.13 Å². The van der Waals surface area contributed by atoms with E-state index in [0.29, 0.717) is 10.8 Å². The van der Waals surface area contributed by atoms with E-state index in [1.54, 1.807) is 6.07 Å². The summed E-state index contributed by atoms with van der Waals surface area (Å²) in [5.74, 6) is -0.446. The normalized spacial score (nSPS) is 20.1. The number of halogens is 2. The zero-order valence-electron chi connectivity index (χ0n) is 10.6. The van der Waals surface area contributed by atoms with Crippen LogP contribution < -0.4 is 10.6 Å². The number of anilines is 1. The second-order valence-electron chi connectivity index (χ2n) is 4.57. The van der Waals surface area contributed by atoms with Crippen LogP contribution in [0.5, 0.6) is 0 Å². The molecule has 0 amide bonds. The predicted octanol–water partition coefficient (Wildman–Crippen LogP) is 3.33. The van der Waals surface area contributed by atoms with E-state index >= 15 is 0 Å². The molecule has 1 aliphatic rings. The fourth-order valence-corrected chi connectivity index (χ4v) is 2.52. The highest BCUT2D eigenvalue weighted by molar-refractivity contribution is 7.80. The zero-order chi connectivity index (χ0) is 13.8. The van der Waals surface area contributed by atoms with Crippen LogP contribution >= 0.6 is 23.8 Å². The molecule has 1 heterocycles. The summed E-state index contributed by atoms with van der Waals surface area (Å²) in [7, 11) is 0. The number of benzene rings is 1. The molecule has 0 radical (unpaired) electrons. The lowest BCUT2D eigenvalue weighted by Crippen LogP contribution is -2.42. The van der Waals surface area contributed by atoms with Gasteiger partial charge in [0.2, 0.25) is 0 Å². The SMILES string of the molecule is C[C@@H](NC(=S)Nc1ccc(F)c(Cl)c1)[C@@H]1CCCO1. The Balaban J connectivity index is 1.88. The number of hydrogen-bond donors (Lipinski definition) is 2. The molecule has 1 aromatic rings. The highest BCUT2D eigenvalue weighted by atomic mass is 35.5. The summed E-state index contributed by atoms with van der Waals surface area (Å²) in [6.45, 7) is 2.84. The Morgan fingerprint density at radius 2 is 2.37 bits per heavy atom. The van der Waals surface area contributed by atoms with Gasteiger partial charge in [0, 0.05) is 12.3 Å². The second kappa shape index (κ2) is 6.50. The Labute approximate surface area is 122 Å². The van der Waals surface area contributed by atoms with E-state index in [4.69, 9.17) is 28.6 Å². The summed E-state index contributed by atoms with van der Waals surface area (Å²) in [6, 6.07) is 4.53. The van der Waals surface area contributed by atoms with Gasteiger partial charge in [-0.15, -0.1) is 0 Å². The van der Waals surface area contributed by atoms with Gasteiger partial charge in [0.25, 0.3) is 0 Å². The average molecular weight is 303 g/mol. The van der Waals surface area contributed by atoms with Crippen molar-refractivity contribution in [2.45, 2.75) is 31.9 Å². The summed E-state index contributed by atoms with van der Waals surface area (Å²) >= 11 is 10.9. The third-order valence-corrected chi connectivity index (χ3v) is 3.57. The summed E-state index contributed by atoms with van der Waals surface area (Å²) in [5, 5.41) is 6.69. The summed E-state index contributed by atoms with van der Waals surface area (Å²) in [5.41, 5.74) is 0.656.